The summed E-state index contributed by atoms with van der Waals surface area (Å²) in [6.07, 6.45) is 6.61. The minimum Gasteiger partial charge on any atom is -0.493 e. The lowest BCUT2D eigenvalue weighted by Crippen LogP contribution is -2.40. The van der Waals surface area contributed by atoms with Crippen LogP contribution in [-0.2, 0) is 12.1 Å². The lowest BCUT2D eigenvalue weighted by Gasteiger charge is -2.37. The molecule has 1 N–H and O–H groups in total. The van der Waals surface area contributed by atoms with Crippen LogP contribution in [0.25, 0.3) is 0 Å². The molecule has 1 atom stereocenters. The molecule has 0 radical (unpaired) electrons. The van der Waals surface area contributed by atoms with Gasteiger partial charge in [-0.3, -0.25) is 0 Å². The Hall–Kier alpha value is -2.28. The van der Waals surface area contributed by atoms with Gasteiger partial charge in [-0.25, -0.2) is 0 Å². The van der Waals surface area contributed by atoms with Crippen LogP contribution in [0.2, 0.25) is 0 Å². The molecule has 0 bridgehead atoms. The molecule has 1 aliphatic rings. The molecule has 1 heterocycles. The second-order valence-corrected chi connectivity index (χ2v) is 10.9. The SMILES string of the molecule is C[N+](C)(CCCOc1ccccc1)Cc1nnc(C(O)(c2ccccc2)C2CCCCC2)s1. The predicted octanol–water partition coefficient (Wildman–Crippen LogP) is 5.40. The lowest BCUT2D eigenvalue weighted by molar-refractivity contribution is -0.903. The van der Waals surface area contributed by atoms with E-state index in [0.29, 0.717) is 6.61 Å². The van der Waals surface area contributed by atoms with E-state index >= 15 is 0 Å². The Morgan fingerprint density at radius 3 is 2.33 bits per heavy atom. The Balaban J connectivity index is 1.42. The molecule has 0 saturated heterocycles. The highest BCUT2D eigenvalue weighted by atomic mass is 32.1. The summed E-state index contributed by atoms with van der Waals surface area (Å²) < 4.78 is 6.65. The first-order valence-corrected chi connectivity index (χ1v) is 12.9. The van der Waals surface area contributed by atoms with Gasteiger partial charge in [-0.15, -0.1) is 10.2 Å². The summed E-state index contributed by atoms with van der Waals surface area (Å²) in [5, 5.41) is 22.8. The van der Waals surface area contributed by atoms with Crippen molar-refractivity contribution in [3.63, 3.8) is 0 Å². The van der Waals surface area contributed by atoms with E-state index < -0.39 is 5.60 Å². The van der Waals surface area contributed by atoms with Gasteiger partial charge in [0.1, 0.15) is 17.9 Å². The van der Waals surface area contributed by atoms with Crippen molar-refractivity contribution in [3.05, 3.63) is 76.2 Å². The van der Waals surface area contributed by atoms with E-state index in [4.69, 9.17) is 4.74 Å². The van der Waals surface area contributed by atoms with Crippen LogP contribution in [0.15, 0.2) is 60.7 Å². The van der Waals surface area contributed by atoms with Gasteiger partial charge >= 0.3 is 0 Å². The zero-order chi connectivity index (χ0) is 23.2. The monoisotopic (exact) mass is 466 g/mol. The molecule has 176 valence electrons. The fourth-order valence-corrected chi connectivity index (χ4v) is 6.10. The number of hydrogen-bond donors (Lipinski definition) is 1. The Bertz CT molecular complexity index is 987. The maximum absolute atomic E-state index is 12.1. The van der Waals surface area contributed by atoms with Crippen LogP contribution >= 0.6 is 11.3 Å². The van der Waals surface area contributed by atoms with E-state index in [0.717, 1.165) is 58.2 Å². The van der Waals surface area contributed by atoms with Gasteiger partial charge in [0.2, 0.25) is 0 Å². The van der Waals surface area contributed by atoms with Crippen LogP contribution in [0.4, 0.5) is 0 Å². The van der Waals surface area contributed by atoms with Gasteiger partial charge in [-0.1, -0.05) is 79.1 Å². The third-order valence-electron chi connectivity index (χ3n) is 6.69. The highest BCUT2D eigenvalue weighted by Gasteiger charge is 2.43. The second-order valence-electron chi connectivity index (χ2n) is 9.80. The third-order valence-corrected chi connectivity index (χ3v) is 7.72. The van der Waals surface area contributed by atoms with E-state index in [1.165, 1.54) is 19.3 Å². The van der Waals surface area contributed by atoms with Crippen molar-refractivity contribution in [2.24, 2.45) is 5.92 Å². The standard InChI is InChI=1S/C27H36N3O2S/c1-30(2,19-12-20-32-24-17-10-5-11-18-24)21-25-28-29-26(33-25)27(31,22-13-6-3-7-14-22)23-15-8-4-9-16-23/h3,5-7,10-11,13-14,17-18,23,31H,4,8-9,12,15-16,19-21H2,1-2H3/q+1. The first kappa shape index (κ1) is 23.9. The topological polar surface area (TPSA) is 55.2 Å². The minimum absolute atomic E-state index is 0.187. The zero-order valence-electron chi connectivity index (χ0n) is 19.8. The summed E-state index contributed by atoms with van der Waals surface area (Å²) in [4.78, 5) is 0. The van der Waals surface area contributed by atoms with Gasteiger partial charge in [0.25, 0.3) is 0 Å². The minimum atomic E-state index is -1.06. The molecule has 0 aliphatic heterocycles. The molecule has 0 spiro atoms. The molecule has 1 aromatic heterocycles. The van der Waals surface area contributed by atoms with Crippen LogP contribution in [0, 0.1) is 5.92 Å². The number of aliphatic hydroxyl groups is 1. The van der Waals surface area contributed by atoms with Crippen molar-refractivity contribution in [2.75, 3.05) is 27.2 Å². The number of rotatable bonds is 10. The molecule has 3 aromatic rings. The van der Waals surface area contributed by atoms with E-state index in [1.54, 1.807) is 11.3 Å². The highest BCUT2D eigenvalue weighted by molar-refractivity contribution is 7.11. The van der Waals surface area contributed by atoms with Gasteiger partial charge in [0.05, 0.1) is 27.2 Å². The molecular weight excluding hydrogens is 430 g/mol. The Morgan fingerprint density at radius 1 is 0.970 bits per heavy atom. The quantitative estimate of drug-likeness (QED) is 0.321. The summed E-state index contributed by atoms with van der Waals surface area (Å²) in [6.45, 7) is 2.47. The number of aromatic nitrogens is 2. The second kappa shape index (κ2) is 10.8. The van der Waals surface area contributed by atoms with Crippen molar-refractivity contribution in [3.8, 4) is 5.75 Å². The molecule has 5 nitrogen and oxygen atoms in total. The van der Waals surface area contributed by atoms with Crippen molar-refractivity contribution >= 4 is 11.3 Å². The molecule has 1 unspecified atom stereocenters. The zero-order valence-corrected chi connectivity index (χ0v) is 20.6. The van der Waals surface area contributed by atoms with Crippen molar-refractivity contribution in [1.29, 1.82) is 0 Å². The van der Waals surface area contributed by atoms with E-state index in [9.17, 15) is 5.11 Å². The van der Waals surface area contributed by atoms with Gasteiger partial charge in [0, 0.05) is 6.42 Å². The maximum Gasteiger partial charge on any atom is 0.172 e. The molecule has 0 amide bonds. The average Bonchev–Trinajstić information content (AvgIpc) is 3.31. The van der Waals surface area contributed by atoms with Gasteiger partial charge in [-0.05, 0) is 36.5 Å². The number of hydrogen-bond acceptors (Lipinski definition) is 5. The third kappa shape index (κ3) is 5.99. The summed E-state index contributed by atoms with van der Waals surface area (Å²) in [5.74, 6) is 1.10. The molecular formula is C27H36N3O2S+. The molecule has 6 heteroatoms. The van der Waals surface area contributed by atoms with Gasteiger partial charge in [0.15, 0.2) is 10.0 Å². The van der Waals surface area contributed by atoms with Gasteiger partial charge < -0.3 is 14.3 Å². The number of benzene rings is 2. The van der Waals surface area contributed by atoms with Crippen molar-refractivity contribution < 1.29 is 14.3 Å². The fourth-order valence-electron chi connectivity index (χ4n) is 4.86. The molecule has 1 saturated carbocycles. The van der Waals surface area contributed by atoms with E-state index in [1.807, 2.05) is 60.7 Å². The highest BCUT2D eigenvalue weighted by Crippen LogP contribution is 2.44. The first-order chi connectivity index (χ1) is 16.0. The summed E-state index contributed by atoms with van der Waals surface area (Å²) >= 11 is 1.57. The summed E-state index contributed by atoms with van der Waals surface area (Å²) in [5.41, 5.74) is -0.121. The summed E-state index contributed by atoms with van der Waals surface area (Å²) in [7, 11) is 4.43. The van der Waals surface area contributed by atoms with E-state index in [-0.39, 0.29) is 5.92 Å². The van der Waals surface area contributed by atoms with Crippen LogP contribution < -0.4 is 4.74 Å². The van der Waals surface area contributed by atoms with E-state index in [2.05, 4.69) is 24.3 Å². The van der Waals surface area contributed by atoms with Crippen LogP contribution in [0.3, 0.4) is 0 Å². The van der Waals surface area contributed by atoms with Crippen LogP contribution in [0.5, 0.6) is 5.75 Å². The maximum atomic E-state index is 12.1. The van der Waals surface area contributed by atoms with Crippen molar-refractivity contribution in [2.45, 2.75) is 50.7 Å². The molecule has 2 aromatic carbocycles. The van der Waals surface area contributed by atoms with Crippen LogP contribution in [-0.4, -0.2) is 47.0 Å². The number of ether oxygens (including phenoxy) is 1. The van der Waals surface area contributed by atoms with Gasteiger partial charge in [-0.2, -0.15) is 0 Å². The average molecular weight is 467 g/mol. The Morgan fingerprint density at radius 2 is 1.64 bits per heavy atom. The summed E-state index contributed by atoms with van der Waals surface area (Å²) in [6, 6.07) is 20.0. The molecule has 1 fully saturated rings. The largest absolute Gasteiger partial charge is 0.493 e. The Kier molecular flexibility index (Phi) is 7.78. The predicted molar refractivity (Wildman–Crippen MR) is 133 cm³/mol. The molecule has 4 rings (SSSR count). The Labute approximate surface area is 201 Å². The first-order valence-electron chi connectivity index (χ1n) is 12.1. The van der Waals surface area contributed by atoms with Crippen LogP contribution in [0.1, 0.15) is 54.1 Å². The molecule has 33 heavy (non-hydrogen) atoms. The normalized spacial score (nSPS) is 16.9. The lowest BCUT2D eigenvalue weighted by atomic mass is 9.73. The van der Waals surface area contributed by atoms with Crippen molar-refractivity contribution in [1.82, 2.24) is 10.2 Å². The fraction of sp³-hybridized carbons (Fsp3) is 0.481. The number of para-hydroxylation sites is 1. The molecule has 1 aliphatic carbocycles. The number of quaternary nitrogens is 1. The number of nitrogens with zero attached hydrogens (tertiary/aromatic N) is 3. The smallest absolute Gasteiger partial charge is 0.172 e.